The van der Waals surface area contributed by atoms with Crippen LogP contribution in [-0.2, 0) is 6.54 Å². The van der Waals surface area contributed by atoms with E-state index in [1.54, 1.807) is 4.57 Å². The van der Waals surface area contributed by atoms with Crippen LogP contribution in [-0.4, -0.2) is 15.1 Å². The number of hydrogen-bond donors (Lipinski definition) is 1. The Kier molecular flexibility index (Phi) is 3.05. The van der Waals surface area contributed by atoms with Crippen molar-refractivity contribution in [1.29, 1.82) is 0 Å². The third-order valence-electron chi connectivity index (χ3n) is 3.84. The lowest BCUT2D eigenvalue weighted by Gasteiger charge is -2.25. The zero-order chi connectivity index (χ0) is 13.5. The van der Waals surface area contributed by atoms with Crippen LogP contribution in [0.5, 0.6) is 0 Å². The van der Waals surface area contributed by atoms with Gasteiger partial charge in [-0.3, -0.25) is 9.36 Å². The van der Waals surface area contributed by atoms with E-state index in [0.29, 0.717) is 12.4 Å². The number of fused-ring (bicyclic) bond motifs is 1. The van der Waals surface area contributed by atoms with Gasteiger partial charge in [0.1, 0.15) is 5.82 Å². The molecule has 1 aromatic heterocycles. The van der Waals surface area contributed by atoms with Gasteiger partial charge < -0.3 is 5.73 Å². The standard InChI is InChI=1S/C15H18N2OS/c1-15(7-4-8-19-15)10-17-13(16)9-11-5-2-3-6-12(11)14(17)18/h2-3,5-6,9H,4,7-8,10,16H2,1H3. The first-order valence-electron chi connectivity index (χ1n) is 6.61. The third-order valence-corrected chi connectivity index (χ3v) is 5.37. The summed E-state index contributed by atoms with van der Waals surface area (Å²) >= 11 is 1.95. The summed E-state index contributed by atoms with van der Waals surface area (Å²) in [5.41, 5.74) is 6.11. The van der Waals surface area contributed by atoms with Crippen LogP contribution in [0.2, 0.25) is 0 Å². The molecule has 2 heterocycles. The van der Waals surface area contributed by atoms with Gasteiger partial charge in [-0.25, -0.2) is 0 Å². The molecule has 1 aromatic carbocycles. The van der Waals surface area contributed by atoms with E-state index in [1.807, 2.05) is 42.1 Å². The number of hydrogen-bond acceptors (Lipinski definition) is 3. The number of nitrogens with two attached hydrogens (primary N) is 1. The molecule has 2 N–H and O–H groups in total. The fourth-order valence-electron chi connectivity index (χ4n) is 2.78. The molecule has 1 fully saturated rings. The molecule has 0 saturated carbocycles. The summed E-state index contributed by atoms with van der Waals surface area (Å²) in [6.45, 7) is 2.93. The summed E-state index contributed by atoms with van der Waals surface area (Å²) in [7, 11) is 0. The average molecular weight is 274 g/mol. The Morgan fingerprint density at radius 2 is 2.21 bits per heavy atom. The zero-order valence-corrected chi connectivity index (χ0v) is 11.9. The van der Waals surface area contributed by atoms with Gasteiger partial charge in [0.05, 0.1) is 0 Å². The molecule has 0 amide bonds. The quantitative estimate of drug-likeness (QED) is 0.916. The molecule has 0 radical (unpaired) electrons. The predicted octanol–water partition coefficient (Wildman–Crippen LogP) is 2.87. The van der Waals surface area contributed by atoms with E-state index in [0.717, 1.165) is 17.2 Å². The van der Waals surface area contributed by atoms with Crippen molar-refractivity contribution in [2.75, 3.05) is 11.5 Å². The number of thioether (sulfide) groups is 1. The number of aromatic nitrogens is 1. The molecule has 1 saturated heterocycles. The maximum atomic E-state index is 12.6. The van der Waals surface area contributed by atoms with Crippen molar-refractivity contribution in [3.8, 4) is 0 Å². The number of pyridine rings is 1. The summed E-state index contributed by atoms with van der Waals surface area (Å²) in [4.78, 5) is 12.6. The van der Waals surface area contributed by atoms with Gasteiger partial charge >= 0.3 is 0 Å². The molecule has 19 heavy (non-hydrogen) atoms. The maximum Gasteiger partial charge on any atom is 0.260 e. The van der Waals surface area contributed by atoms with Crippen molar-refractivity contribution in [3.05, 3.63) is 40.7 Å². The van der Waals surface area contributed by atoms with Crippen LogP contribution in [0.25, 0.3) is 10.8 Å². The van der Waals surface area contributed by atoms with Gasteiger partial charge in [-0.2, -0.15) is 11.8 Å². The number of rotatable bonds is 2. The minimum Gasteiger partial charge on any atom is -0.385 e. The molecular formula is C15H18N2OS. The second kappa shape index (κ2) is 4.60. The second-order valence-electron chi connectivity index (χ2n) is 5.45. The molecule has 100 valence electrons. The van der Waals surface area contributed by atoms with E-state index in [9.17, 15) is 4.79 Å². The first-order chi connectivity index (χ1) is 9.09. The molecular weight excluding hydrogens is 256 g/mol. The highest BCUT2D eigenvalue weighted by Gasteiger charge is 2.30. The van der Waals surface area contributed by atoms with Gasteiger partial charge in [-0.1, -0.05) is 18.2 Å². The number of benzene rings is 1. The molecule has 3 nitrogen and oxygen atoms in total. The van der Waals surface area contributed by atoms with Gasteiger partial charge in [-0.05, 0) is 43.0 Å². The van der Waals surface area contributed by atoms with Crippen LogP contribution in [0, 0.1) is 0 Å². The summed E-state index contributed by atoms with van der Waals surface area (Å²) in [5, 5.41) is 1.67. The molecule has 1 aliphatic heterocycles. The normalized spacial score (nSPS) is 23.0. The molecule has 0 bridgehead atoms. The van der Waals surface area contributed by atoms with E-state index in [-0.39, 0.29) is 10.3 Å². The van der Waals surface area contributed by atoms with Gasteiger partial charge in [-0.15, -0.1) is 0 Å². The minimum absolute atomic E-state index is 0.0318. The van der Waals surface area contributed by atoms with E-state index >= 15 is 0 Å². The lowest BCUT2D eigenvalue weighted by molar-refractivity contribution is 0.507. The van der Waals surface area contributed by atoms with E-state index < -0.39 is 0 Å². The highest BCUT2D eigenvalue weighted by atomic mass is 32.2. The van der Waals surface area contributed by atoms with Gasteiger partial charge in [0.2, 0.25) is 0 Å². The highest BCUT2D eigenvalue weighted by molar-refractivity contribution is 8.00. The van der Waals surface area contributed by atoms with Crippen molar-refractivity contribution < 1.29 is 0 Å². The molecule has 2 aromatic rings. The highest BCUT2D eigenvalue weighted by Crippen LogP contribution is 2.39. The molecule has 0 spiro atoms. The summed E-state index contributed by atoms with van der Waals surface area (Å²) in [6.07, 6.45) is 2.37. The predicted molar refractivity (Wildman–Crippen MR) is 82.7 cm³/mol. The van der Waals surface area contributed by atoms with Crippen LogP contribution in [0.1, 0.15) is 19.8 Å². The molecule has 1 unspecified atom stereocenters. The van der Waals surface area contributed by atoms with Crippen LogP contribution < -0.4 is 11.3 Å². The Balaban J connectivity index is 2.11. The van der Waals surface area contributed by atoms with Crippen molar-refractivity contribution >= 4 is 28.4 Å². The summed E-state index contributed by atoms with van der Waals surface area (Å²) in [5.74, 6) is 1.75. The first-order valence-corrected chi connectivity index (χ1v) is 7.60. The number of nitrogens with zero attached hydrogens (tertiary/aromatic N) is 1. The first kappa shape index (κ1) is 12.6. The van der Waals surface area contributed by atoms with E-state index in [2.05, 4.69) is 6.92 Å². The molecule has 0 aliphatic carbocycles. The Hall–Kier alpha value is -1.42. The lowest BCUT2D eigenvalue weighted by Crippen LogP contribution is -2.32. The monoisotopic (exact) mass is 274 g/mol. The van der Waals surface area contributed by atoms with Gasteiger partial charge in [0.15, 0.2) is 0 Å². The topological polar surface area (TPSA) is 48.0 Å². The van der Waals surface area contributed by atoms with Crippen molar-refractivity contribution in [3.63, 3.8) is 0 Å². The fraction of sp³-hybridized carbons (Fsp3) is 0.400. The van der Waals surface area contributed by atoms with Crippen molar-refractivity contribution in [2.45, 2.75) is 31.1 Å². The third kappa shape index (κ3) is 2.25. The minimum atomic E-state index is 0.0318. The number of nitrogen functional groups attached to an aromatic ring is 1. The van der Waals surface area contributed by atoms with Crippen LogP contribution in [0.4, 0.5) is 5.82 Å². The van der Waals surface area contributed by atoms with E-state index in [4.69, 9.17) is 5.73 Å². The fourth-order valence-corrected chi connectivity index (χ4v) is 4.07. The molecule has 1 atom stereocenters. The smallest absolute Gasteiger partial charge is 0.260 e. The second-order valence-corrected chi connectivity index (χ2v) is 7.13. The SMILES string of the molecule is CC1(Cn2c(N)cc3ccccc3c2=O)CCCS1. The van der Waals surface area contributed by atoms with Gasteiger partial charge in [0, 0.05) is 16.7 Å². The average Bonchev–Trinajstić information content (AvgIpc) is 2.82. The van der Waals surface area contributed by atoms with Crippen LogP contribution in [0.15, 0.2) is 35.1 Å². The number of anilines is 1. The van der Waals surface area contributed by atoms with Gasteiger partial charge in [0.25, 0.3) is 5.56 Å². The summed E-state index contributed by atoms with van der Waals surface area (Å²) in [6, 6.07) is 9.54. The van der Waals surface area contributed by atoms with Crippen LogP contribution >= 0.6 is 11.8 Å². The Morgan fingerprint density at radius 1 is 1.42 bits per heavy atom. The Labute approximate surface area is 116 Å². The molecule has 1 aliphatic rings. The van der Waals surface area contributed by atoms with E-state index in [1.165, 1.54) is 12.2 Å². The summed E-state index contributed by atoms with van der Waals surface area (Å²) < 4.78 is 1.88. The van der Waals surface area contributed by atoms with Crippen LogP contribution in [0.3, 0.4) is 0 Å². The largest absolute Gasteiger partial charge is 0.385 e. The maximum absolute atomic E-state index is 12.6. The Morgan fingerprint density at radius 3 is 2.95 bits per heavy atom. The van der Waals surface area contributed by atoms with Crippen molar-refractivity contribution in [1.82, 2.24) is 4.57 Å². The molecule has 4 heteroatoms. The van der Waals surface area contributed by atoms with Crippen molar-refractivity contribution in [2.24, 2.45) is 0 Å². The Bertz CT molecular complexity index is 671. The zero-order valence-electron chi connectivity index (χ0n) is 11.1. The lowest BCUT2D eigenvalue weighted by atomic mass is 10.1. The molecule has 3 rings (SSSR count).